The van der Waals surface area contributed by atoms with Crippen LogP contribution in [0.2, 0.25) is 0 Å². The molecular weight excluding hydrogens is 258 g/mol. The van der Waals surface area contributed by atoms with Crippen LogP contribution in [-0.4, -0.2) is 31.7 Å². The number of nitrogens with zero attached hydrogens (tertiary/aromatic N) is 2. The predicted octanol–water partition coefficient (Wildman–Crippen LogP) is 3.07. The molecule has 0 aliphatic carbocycles. The largest absolute Gasteiger partial charge is 0.307 e. The maximum atomic E-state index is 9.29. The van der Waals surface area contributed by atoms with Gasteiger partial charge in [-0.15, -0.1) is 0 Å². The zero-order valence-electron chi connectivity index (χ0n) is 12.5. The highest BCUT2D eigenvalue weighted by Gasteiger charge is 2.22. The van der Waals surface area contributed by atoms with Gasteiger partial charge < -0.3 is 5.32 Å². The van der Waals surface area contributed by atoms with E-state index in [9.17, 15) is 5.26 Å². The number of hydrogen-bond acceptors (Lipinski definition) is 3. The van der Waals surface area contributed by atoms with E-state index in [-0.39, 0.29) is 0 Å². The Morgan fingerprint density at radius 1 is 1.33 bits per heavy atom. The van der Waals surface area contributed by atoms with E-state index in [1.165, 1.54) is 29.2 Å². The first kappa shape index (κ1) is 14.1. The first-order valence-electron chi connectivity index (χ1n) is 7.61. The second kappa shape index (κ2) is 6.26. The van der Waals surface area contributed by atoms with E-state index in [2.05, 4.69) is 40.6 Å². The number of likely N-dealkylation sites (tertiary alicyclic amines) is 1. The summed E-state index contributed by atoms with van der Waals surface area (Å²) in [6.07, 6.45) is 2.43. The molecule has 0 bridgehead atoms. The first-order valence-corrected chi connectivity index (χ1v) is 7.61. The molecule has 1 atom stereocenters. The lowest BCUT2D eigenvalue weighted by Crippen LogP contribution is -2.39. The van der Waals surface area contributed by atoms with Gasteiger partial charge in [-0.3, -0.25) is 4.90 Å². The van der Waals surface area contributed by atoms with Crippen LogP contribution in [0.15, 0.2) is 36.4 Å². The third-order valence-corrected chi connectivity index (χ3v) is 4.35. The SMILES string of the molecule is CNCN1CCCC(c2cc(C#N)cc3ccccc23)C1. The molecule has 0 amide bonds. The van der Waals surface area contributed by atoms with Crippen molar-refractivity contribution in [3.63, 3.8) is 0 Å². The van der Waals surface area contributed by atoms with E-state index in [4.69, 9.17) is 0 Å². The summed E-state index contributed by atoms with van der Waals surface area (Å²) in [5.41, 5.74) is 2.11. The molecule has 0 saturated carbocycles. The van der Waals surface area contributed by atoms with Crippen molar-refractivity contribution in [2.75, 3.05) is 26.8 Å². The number of nitrogens with one attached hydrogen (secondary N) is 1. The second-order valence-corrected chi connectivity index (χ2v) is 5.83. The Morgan fingerprint density at radius 2 is 2.19 bits per heavy atom. The van der Waals surface area contributed by atoms with Crippen LogP contribution in [0.1, 0.15) is 29.9 Å². The molecule has 3 heteroatoms. The molecular formula is C18H21N3. The quantitative estimate of drug-likeness (QED) is 0.938. The van der Waals surface area contributed by atoms with E-state index in [1.807, 2.05) is 19.2 Å². The van der Waals surface area contributed by atoms with Crippen molar-refractivity contribution in [1.29, 1.82) is 5.26 Å². The van der Waals surface area contributed by atoms with Gasteiger partial charge in [-0.25, -0.2) is 0 Å². The molecule has 1 saturated heterocycles. The van der Waals surface area contributed by atoms with Crippen molar-refractivity contribution < 1.29 is 0 Å². The van der Waals surface area contributed by atoms with E-state index in [0.29, 0.717) is 5.92 Å². The van der Waals surface area contributed by atoms with Gasteiger partial charge in [0.05, 0.1) is 11.6 Å². The zero-order valence-corrected chi connectivity index (χ0v) is 12.5. The van der Waals surface area contributed by atoms with Crippen LogP contribution < -0.4 is 5.32 Å². The molecule has 1 fully saturated rings. The molecule has 1 aliphatic heterocycles. The number of piperidine rings is 1. The monoisotopic (exact) mass is 279 g/mol. The Balaban J connectivity index is 2.00. The fraction of sp³-hybridized carbons (Fsp3) is 0.389. The average Bonchev–Trinajstić information content (AvgIpc) is 2.54. The van der Waals surface area contributed by atoms with Crippen LogP contribution in [-0.2, 0) is 0 Å². The molecule has 108 valence electrons. The summed E-state index contributed by atoms with van der Waals surface area (Å²) in [6.45, 7) is 3.17. The molecule has 1 N–H and O–H groups in total. The molecule has 2 aromatic rings. The van der Waals surface area contributed by atoms with Gasteiger partial charge in [0.2, 0.25) is 0 Å². The zero-order chi connectivity index (χ0) is 14.7. The van der Waals surface area contributed by atoms with Crippen LogP contribution in [0.4, 0.5) is 0 Å². The summed E-state index contributed by atoms with van der Waals surface area (Å²) in [5.74, 6) is 0.519. The van der Waals surface area contributed by atoms with Crippen molar-refractivity contribution in [2.45, 2.75) is 18.8 Å². The van der Waals surface area contributed by atoms with Crippen molar-refractivity contribution in [1.82, 2.24) is 10.2 Å². The fourth-order valence-corrected chi connectivity index (χ4v) is 3.42. The Bertz CT molecular complexity index is 670. The molecule has 0 radical (unpaired) electrons. The topological polar surface area (TPSA) is 39.1 Å². The molecule has 3 nitrogen and oxygen atoms in total. The number of benzene rings is 2. The molecule has 1 unspecified atom stereocenters. The molecule has 1 heterocycles. The van der Waals surface area contributed by atoms with Gasteiger partial charge in [-0.1, -0.05) is 24.3 Å². The Hall–Kier alpha value is -1.89. The van der Waals surface area contributed by atoms with Crippen molar-refractivity contribution in [3.05, 3.63) is 47.5 Å². The molecule has 3 rings (SSSR count). The number of rotatable bonds is 3. The van der Waals surface area contributed by atoms with Gasteiger partial charge in [0, 0.05) is 13.2 Å². The first-order chi connectivity index (χ1) is 10.3. The van der Waals surface area contributed by atoms with Crippen molar-refractivity contribution in [3.8, 4) is 6.07 Å². The molecule has 21 heavy (non-hydrogen) atoms. The van der Waals surface area contributed by atoms with Gasteiger partial charge in [0.25, 0.3) is 0 Å². The normalized spacial score (nSPS) is 19.5. The van der Waals surface area contributed by atoms with E-state index in [0.717, 1.165) is 25.3 Å². The highest BCUT2D eigenvalue weighted by Crippen LogP contribution is 2.33. The lowest BCUT2D eigenvalue weighted by atomic mass is 9.86. The summed E-state index contributed by atoms with van der Waals surface area (Å²) >= 11 is 0. The molecule has 0 aromatic heterocycles. The van der Waals surface area contributed by atoms with Crippen LogP contribution in [0.3, 0.4) is 0 Å². The Labute approximate surface area is 126 Å². The van der Waals surface area contributed by atoms with Crippen LogP contribution >= 0.6 is 0 Å². The highest BCUT2D eigenvalue weighted by molar-refractivity contribution is 5.87. The number of fused-ring (bicyclic) bond motifs is 1. The molecule has 1 aliphatic rings. The van der Waals surface area contributed by atoms with E-state index < -0.39 is 0 Å². The standard InChI is InChI=1S/C18H21N3/c1-20-13-21-8-4-6-16(12-21)18-10-14(11-19)9-15-5-2-3-7-17(15)18/h2-3,5,7,9-10,16,20H,4,6,8,12-13H2,1H3. The third kappa shape index (κ3) is 2.92. The Morgan fingerprint density at radius 3 is 3.00 bits per heavy atom. The smallest absolute Gasteiger partial charge is 0.0991 e. The summed E-state index contributed by atoms with van der Waals surface area (Å²) in [7, 11) is 2.00. The Kier molecular flexibility index (Phi) is 4.19. The lowest BCUT2D eigenvalue weighted by Gasteiger charge is -2.33. The summed E-state index contributed by atoms with van der Waals surface area (Å²) < 4.78 is 0. The summed E-state index contributed by atoms with van der Waals surface area (Å²) in [4.78, 5) is 2.46. The predicted molar refractivity (Wildman–Crippen MR) is 86.1 cm³/mol. The van der Waals surface area contributed by atoms with Gasteiger partial charge in [0.15, 0.2) is 0 Å². The van der Waals surface area contributed by atoms with E-state index in [1.54, 1.807) is 0 Å². The van der Waals surface area contributed by atoms with Crippen LogP contribution in [0, 0.1) is 11.3 Å². The van der Waals surface area contributed by atoms with Gasteiger partial charge in [-0.2, -0.15) is 5.26 Å². The second-order valence-electron chi connectivity index (χ2n) is 5.83. The minimum atomic E-state index is 0.519. The van der Waals surface area contributed by atoms with Crippen molar-refractivity contribution >= 4 is 10.8 Å². The van der Waals surface area contributed by atoms with Crippen LogP contribution in [0.5, 0.6) is 0 Å². The molecule has 2 aromatic carbocycles. The van der Waals surface area contributed by atoms with Gasteiger partial charge in [-0.05, 0) is 60.8 Å². The minimum Gasteiger partial charge on any atom is -0.307 e. The summed E-state index contributed by atoms with van der Waals surface area (Å²) in [6, 6.07) is 14.8. The van der Waals surface area contributed by atoms with E-state index >= 15 is 0 Å². The van der Waals surface area contributed by atoms with Gasteiger partial charge >= 0.3 is 0 Å². The molecule has 0 spiro atoms. The lowest BCUT2D eigenvalue weighted by molar-refractivity contribution is 0.199. The highest BCUT2D eigenvalue weighted by atomic mass is 15.2. The fourth-order valence-electron chi connectivity index (χ4n) is 3.42. The maximum Gasteiger partial charge on any atom is 0.0991 e. The van der Waals surface area contributed by atoms with Crippen LogP contribution in [0.25, 0.3) is 10.8 Å². The third-order valence-electron chi connectivity index (χ3n) is 4.35. The number of nitriles is 1. The maximum absolute atomic E-state index is 9.29. The van der Waals surface area contributed by atoms with Gasteiger partial charge in [0.1, 0.15) is 0 Å². The summed E-state index contributed by atoms with van der Waals surface area (Å²) in [5, 5.41) is 15.0. The minimum absolute atomic E-state index is 0.519. The number of hydrogen-bond donors (Lipinski definition) is 1. The van der Waals surface area contributed by atoms with Crippen molar-refractivity contribution in [2.24, 2.45) is 0 Å². The average molecular weight is 279 g/mol.